The number of epoxide rings is 2. The van der Waals surface area contributed by atoms with E-state index in [-0.39, 0.29) is 59.2 Å². The SMILES string of the molecule is CO[C@@H]1[C@H](NC(=O)C23CCC(C(=O)NCCCO)(CC2)CC3)CC[C@]2(CO2)[C@H]1[C@@]1(C)O[C@@H]1CC=C(C)C. The van der Waals surface area contributed by atoms with Crippen molar-refractivity contribution in [2.45, 2.75) is 114 Å². The van der Waals surface area contributed by atoms with E-state index in [0.29, 0.717) is 13.0 Å². The van der Waals surface area contributed by atoms with Crippen molar-refractivity contribution < 1.29 is 28.9 Å². The number of allylic oxidation sites excluding steroid dienone is 1. The van der Waals surface area contributed by atoms with Crippen LogP contribution in [0.5, 0.6) is 0 Å². The molecule has 6 atom stereocenters. The van der Waals surface area contributed by atoms with Gasteiger partial charge in [0.25, 0.3) is 0 Å². The Morgan fingerprint density at radius 1 is 1.05 bits per heavy atom. The summed E-state index contributed by atoms with van der Waals surface area (Å²) in [6.45, 7) is 7.73. The molecule has 2 amide bonds. The molecule has 0 aromatic heterocycles. The molecule has 2 aliphatic heterocycles. The molecule has 8 heteroatoms. The first kappa shape index (κ1) is 27.1. The number of hydrogen-bond donors (Lipinski definition) is 3. The van der Waals surface area contributed by atoms with Gasteiger partial charge in [-0.25, -0.2) is 0 Å². The van der Waals surface area contributed by atoms with Crippen LogP contribution in [0.4, 0.5) is 0 Å². The molecule has 0 aromatic carbocycles. The molecule has 8 nitrogen and oxygen atoms in total. The Bertz CT molecular complexity index is 901. The van der Waals surface area contributed by atoms with Gasteiger partial charge in [0.2, 0.25) is 11.8 Å². The highest BCUT2D eigenvalue weighted by Crippen LogP contribution is 2.60. The van der Waals surface area contributed by atoms with Gasteiger partial charge in [-0.15, -0.1) is 0 Å². The van der Waals surface area contributed by atoms with Crippen LogP contribution in [0.25, 0.3) is 0 Å². The average Bonchev–Trinajstić information content (AvgIpc) is 3.81. The van der Waals surface area contributed by atoms with E-state index in [0.717, 1.165) is 64.4 Å². The summed E-state index contributed by atoms with van der Waals surface area (Å²) in [6.07, 6.45) is 9.91. The Labute approximate surface area is 221 Å². The highest BCUT2D eigenvalue weighted by atomic mass is 16.6. The quantitative estimate of drug-likeness (QED) is 0.233. The largest absolute Gasteiger partial charge is 0.396 e. The second-order valence-electron chi connectivity index (χ2n) is 12.9. The van der Waals surface area contributed by atoms with Gasteiger partial charge in [-0.05, 0) is 85.0 Å². The smallest absolute Gasteiger partial charge is 0.226 e. The van der Waals surface area contributed by atoms with Gasteiger partial charge in [-0.1, -0.05) is 11.6 Å². The molecule has 2 bridgehead atoms. The van der Waals surface area contributed by atoms with Gasteiger partial charge in [0, 0.05) is 37.0 Å². The van der Waals surface area contributed by atoms with E-state index in [4.69, 9.17) is 19.3 Å². The normalized spacial score (nSPS) is 43.8. The second-order valence-corrected chi connectivity index (χ2v) is 12.9. The topological polar surface area (TPSA) is 113 Å². The van der Waals surface area contributed by atoms with Crippen LogP contribution in [0.3, 0.4) is 0 Å². The first-order chi connectivity index (χ1) is 17.6. The molecule has 1 spiro atoms. The molecule has 4 saturated carbocycles. The van der Waals surface area contributed by atoms with Crippen LogP contribution in [0, 0.1) is 16.7 Å². The Hall–Kier alpha value is -1.48. The van der Waals surface area contributed by atoms with E-state index in [2.05, 4.69) is 37.5 Å². The molecule has 37 heavy (non-hydrogen) atoms. The zero-order valence-electron chi connectivity index (χ0n) is 23.1. The van der Waals surface area contributed by atoms with Crippen molar-refractivity contribution in [3.8, 4) is 0 Å². The molecule has 208 valence electrons. The van der Waals surface area contributed by atoms with Gasteiger partial charge in [0.05, 0.1) is 30.5 Å². The standard InChI is InChI=1S/C29H46N2O6/c1-19(2)6-7-21-26(3,37-21)23-22(35-4)20(8-9-29(23)18-36-29)31-25(34)28-13-10-27(11-14-28,12-15-28)24(33)30-16-5-17-32/h6,20-23,32H,5,7-18H2,1-4H3,(H,30,33)(H,31,34)/t20-,21-,22-,23-,26+,27?,28?,29+/m1/s1. The van der Waals surface area contributed by atoms with Crippen LogP contribution in [0.2, 0.25) is 0 Å². The van der Waals surface area contributed by atoms with E-state index in [1.54, 1.807) is 7.11 Å². The first-order valence-electron chi connectivity index (χ1n) is 14.3. The van der Waals surface area contributed by atoms with Gasteiger partial charge in [0.1, 0.15) is 5.60 Å². The number of nitrogens with one attached hydrogen (secondary N) is 2. The summed E-state index contributed by atoms with van der Waals surface area (Å²) in [7, 11) is 1.75. The summed E-state index contributed by atoms with van der Waals surface area (Å²) in [6, 6.07) is -0.0766. The van der Waals surface area contributed by atoms with E-state index in [9.17, 15) is 9.59 Å². The minimum Gasteiger partial charge on any atom is -0.396 e. The van der Waals surface area contributed by atoms with E-state index in [1.807, 2.05) is 0 Å². The van der Waals surface area contributed by atoms with E-state index >= 15 is 0 Å². The molecule has 0 radical (unpaired) electrons. The third-order valence-corrected chi connectivity index (χ3v) is 10.4. The maximum absolute atomic E-state index is 13.8. The maximum Gasteiger partial charge on any atom is 0.226 e. The predicted molar refractivity (Wildman–Crippen MR) is 139 cm³/mol. The number of fused-ring (bicyclic) bond motifs is 3. The number of carbonyl (C=O) groups excluding carboxylic acids is 2. The number of ether oxygens (including phenoxy) is 3. The second kappa shape index (κ2) is 9.92. The highest BCUT2D eigenvalue weighted by molar-refractivity contribution is 5.87. The number of aliphatic hydroxyl groups is 1. The van der Waals surface area contributed by atoms with Crippen LogP contribution >= 0.6 is 0 Å². The molecule has 0 aromatic rings. The third kappa shape index (κ3) is 4.77. The fourth-order valence-corrected chi connectivity index (χ4v) is 7.80. The predicted octanol–water partition coefficient (Wildman–Crippen LogP) is 3.02. The van der Waals surface area contributed by atoms with Crippen LogP contribution in [-0.4, -0.2) is 73.2 Å². The fourth-order valence-electron chi connectivity index (χ4n) is 7.80. The zero-order chi connectivity index (χ0) is 26.5. The average molecular weight is 519 g/mol. The lowest BCUT2D eigenvalue weighted by Gasteiger charge is -2.52. The molecule has 0 unspecified atom stereocenters. The van der Waals surface area contributed by atoms with Gasteiger partial charge < -0.3 is 30.0 Å². The minimum atomic E-state index is -0.391. The zero-order valence-corrected chi connectivity index (χ0v) is 23.1. The van der Waals surface area contributed by atoms with E-state index < -0.39 is 5.41 Å². The molecular weight excluding hydrogens is 472 g/mol. The van der Waals surface area contributed by atoms with Gasteiger partial charge in [0.15, 0.2) is 0 Å². The van der Waals surface area contributed by atoms with Crippen molar-refractivity contribution in [3.63, 3.8) is 0 Å². The number of amides is 2. The van der Waals surface area contributed by atoms with E-state index in [1.165, 1.54) is 5.57 Å². The summed E-state index contributed by atoms with van der Waals surface area (Å²) in [5.41, 5.74) is 0.0314. The third-order valence-electron chi connectivity index (χ3n) is 10.4. The lowest BCUT2D eigenvalue weighted by Crippen LogP contribution is -2.62. The van der Waals surface area contributed by atoms with Gasteiger partial charge in [-0.3, -0.25) is 9.59 Å². The number of rotatable bonds is 10. The van der Waals surface area contributed by atoms with Crippen LogP contribution in [0.15, 0.2) is 11.6 Å². The number of aliphatic hydroxyl groups excluding tert-OH is 1. The number of carbonyl (C=O) groups is 2. The van der Waals surface area contributed by atoms with Crippen molar-refractivity contribution in [3.05, 3.63) is 11.6 Å². The molecule has 6 aliphatic rings. The van der Waals surface area contributed by atoms with Crippen molar-refractivity contribution in [1.29, 1.82) is 0 Å². The molecule has 3 N–H and O–H groups in total. The van der Waals surface area contributed by atoms with Crippen LogP contribution < -0.4 is 10.6 Å². The van der Waals surface area contributed by atoms with Crippen LogP contribution in [0.1, 0.15) is 85.0 Å². The Kier molecular flexibility index (Phi) is 7.27. The first-order valence-corrected chi connectivity index (χ1v) is 14.3. The monoisotopic (exact) mass is 518 g/mol. The summed E-state index contributed by atoms with van der Waals surface area (Å²) < 4.78 is 18.5. The summed E-state index contributed by atoms with van der Waals surface area (Å²) >= 11 is 0. The lowest BCUT2D eigenvalue weighted by molar-refractivity contribution is -0.153. The Morgan fingerprint density at radius 3 is 2.22 bits per heavy atom. The molecule has 6 rings (SSSR count). The maximum atomic E-state index is 13.8. The van der Waals surface area contributed by atoms with Gasteiger partial charge in [-0.2, -0.15) is 0 Å². The van der Waals surface area contributed by atoms with Crippen molar-refractivity contribution in [1.82, 2.24) is 10.6 Å². The molecule has 2 saturated heterocycles. The van der Waals surface area contributed by atoms with Crippen LogP contribution in [-0.2, 0) is 23.8 Å². The number of methoxy groups -OCH3 is 1. The Balaban J connectivity index is 1.24. The van der Waals surface area contributed by atoms with Crippen molar-refractivity contribution in [2.75, 3.05) is 26.9 Å². The summed E-state index contributed by atoms with van der Waals surface area (Å²) in [5, 5.41) is 15.5. The minimum absolute atomic E-state index is 0.0742. The Morgan fingerprint density at radius 2 is 1.68 bits per heavy atom. The van der Waals surface area contributed by atoms with Gasteiger partial charge >= 0.3 is 0 Å². The lowest BCUT2D eigenvalue weighted by atomic mass is 9.53. The molecule has 4 aliphatic carbocycles. The molecular formula is C29H46N2O6. The van der Waals surface area contributed by atoms with Crippen molar-refractivity contribution >= 4 is 11.8 Å². The number of hydrogen-bond acceptors (Lipinski definition) is 6. The fraction of sp³-hybridized carbons (Fsp3) is 0.862. The summed E-state index contributed by atoms with van der Waals surface area (Å²) in [4.78, 5) is 26.7. The molecule has 6 fully saturated rings. The highest BCUT2D eigenvalue weighted by Gasteiger charge is 2.72. The summed E-state index contributed by atoms with van der Waals surface area (Å²) in [5.74, 6) is 0.298. The van der Waals surface area contributed by atoms with Crippen molar-refractivity contribution in [2.24, 2.45) is 16.7 Å². The molecule has 2 heterocycles.